The predicted molar refractivity (Wildman–Crippen MR) is 90.7 cm³/mol. The van der Waals surface area contributed by atoms with Crippen molar-refractivity contribution in [2.75, 3.05) is 0 Å². The number of phenols is 2. The summed E-state index contributed by atoms with van der Waals surface area (Å²) in [6.45, 7) is 3.63. The SMILES string of the molecule is C/C=C1/C(=O)OC2(/C1=C/C)c1ccc(O)cc1Oc1cc(O)ccc12. The lowest BCUT2D eigenvalue weighted by atomic mass is 9.76. The molecule has 5 nitrogen and oxygen atoms in total. The van der Waals surface area contributed by atoms with Crippen LogP contribution in [0.5, 0.6) is 23.0 Å². The van der Waals surface area contributed by atoms with E-state index in [0.717, 1.165) is 0 Å². The number of carbonyl (C=O) groups excluding carboxylic acids is 1. The Morgan fingerprint density at radius 2 is 1.48 bits per heavy atom. The van der Waals surface area contributed by atoms with Crippen LogP contribution in [0.25, 0.3) is 0 Å². The van der Waals surface area contributed by atoms with Gasteiger partial charge >= 0.3 is 5.97 Å². The predicted octanol–water partition coefficient (Wildman–Crippen LogP) is 3.90. The van der Waals surface area contributed by atoms with Crippen molar-refractivity contribution in [1.82, 2.24) is 0 Å². The van der Waals surface area contributed by atoms with Crippen molar-refractivity contribution < 1.29 is 24.5 Å². The summed E-state index contributed by atoms with van der Waals surface area (Å²) in [4.78, 5) is 12.5. The molecule has 0 amide bonds. The van der Waals surface area contributed by atoms with E-state index in [9.17, 15) is 15.0 Å². The van der Waals surface area contributed by atoms with Gasteiger partial charge in [-0.3, -0.25) is 0 Å². The zero-order valence-electron chi connectivity index (χ0n) is 13.7. The van der Waals surface area contributed by atoms with Crippen LogP contribution in [0, 0.1) is 0 Å². The third kappa shape index (κ3) is 1.92. The first-order chi connectivity index (χ1) is 12.0. The number of rotatable bonds is 0. The molecule has 0 radical (unpaired) electrons. The minimum atomic E-state index is -1.17. The molecule has 2 aromatic rings. The highest BCUT2D eigenvalue weighted by Crippen LogP contribution is 2.58. The first kappa shape index (κ1) is 15.3. The van der Waals surface area contributed by atoms with E-state index in [0.29, 0.717) is 33.8 Å². The number of phenolic OH excluding ortho intramolecular Hbond substituents is 2. The van der Waals surface area contributed by atoms with Crippen LogP contribution in [0.4, 0.5) is 0 Å². The molecular formula is C20H16O5. The molecule has 5 heteroatoms. The van der Waals surface area contributed by atoms with Crippen molar-refractivity contribution in [1.29, 1.82) is 0 Å². The summed E-state index contributed by atoms with van der Waals surface area (Å²) in [5, 5.41) is 19.7. The topological polar surface area (TPSA) is 76.0 Å². The van der Waals surface area contributed by atoms with Gasteiger partial charge in [0, 0.05) is 28.8 Å². The van der Waals surface area contributed by atoms with E-state index in [1.165, 1.54) is 24.3 Å². The molecule has 2 aromatic carbocycles. The van der Waals surface area contributed by atoms with E-state index >= 15 is 0 Å². The van der Waals surface area contributed by atoms with Gasteiger partial charge in [-0.1, -0.05) is 12.2 Å². The molecule has 2 aliphatic heterocycles. The molecule has 0 bridgehead atoms. The van der Waals surface area contributed by atoms with Crippen molar-refractivity contribution >= 4 is 5.97 Å². The number of esters is 1. The summed E-state index contributed by atoms with van der Waals surface area (Å²) < 4.78 is 11.8. The lowest BCUT2D eigenvalue weighted by molar-refractivity contribution is -0.143. The smallest absolute Gasteiger partial charge is 0.339 e. The standard InChI is InChI=1S/C20H16O5/c1-3-13-14(4-2)20(25-19(13)23)15-7-5-11(21)9-17(15)24-18-10-12(22)6-8-16(18)20/h3-10,21-22H,1-2H3/b13-3+,14-4+. The van der Waals surface area contributed by atoms with Gasteiger partial charge in [0.25, 0.3) is 0 Å². The Labute approximate surface area is 144 Å². The molecule has 4 rings (SSSR count). The summed E-state index contributed by atoms with van der Waals surface area (Å²) in [5.41, 5.74) is 1.28. The normalized spacial score (nSPS) is 20.3. The van der Waals surface area contributed by atoms with Gasteiger partial charge < -0.3 is 19.7 Å². The maximum atomic E-state index is 12.5. The largest absolute Gasteiger partial charge is 0.508 e. The summed E-state index contributed by atoms with van der Waals surface area (Å²) in [6.07, 6.45) is 3.57. The maximum absolute atomic E-state index is 12.5. The van der Waals surface area contributed by atoms with Crippen LogP contribution in [-0.4, -0.2) is 16.2 Å². The van der Waals surface area contributed by atoms with Gasteiger partial charge in [0.05, 0.1) is 5.57 Å². The fourth-order valence-electron chi connectivity index (χ4n) is 3.62. The molecule has 1 spiro atoms. The Balaban J connectivity index is 2.11. The van der Waals surface area contributed by atoms with Gasteiger partial charge in [-0.15, -0.1) is 0 Å². The Kier molecular flexibility index (Phi) is 3.15. The van der Waals surface area contributed by atoms with Crippen LogP contribution in [0.1, 0.15) is 25.0 Å². The highest BCUT2D eigenvalue weighted by atomic mass is 16.6. The van der Waals surface area contributed by atoms with Crippen LogP contribution in [-0.2, 0) is 15.1 Å². The number of allylic oxidation sites excluding steroid dienone is 2. The van der Waals surface area contributed by atoms with E-state index in [2.05, 4.69) is 0 Å². The third-order valence-electron chi connectivity index (χ3n) is 4.62. The quantitative estimate of drug-likeness (QED) is 0.564. The molecule has 2 heterocycles. The number of carbonyl (C=O) groups is 1. The Morgan fingerprint density at radius 3 is 1.96 bits per heavy atom. The van der Waals surface area contributed by atoms with Crippen molar-refractivity contribution in [3.63, 3.8) is 0 Å². The number of aromatic hydroxyl groups is 2. The molecule has 0 aromatic heterocycles. The summed E-state index contributed by atoms with van der Waals surface area (Å²) >= 11 is 0. The Hall–Kier alpha value is -3.21. The Bertz CT molecular complexity index is 917. The van der Waals surface area contributed by atoms with Crippen LogP contribution < -0.4 is 4.74 Å². The fraction of sp³-hybridized carbons (Fsp3) is 0.150. The molecule has 126 valence electrons. The van der Waals surface area contributed by atoms with Crippen molar-refractivity contribution in [3.8, 4) is 23.0 Å². The van der Waals surface area contributed by atoms with Gasteiger partial charge in [-0.25, -0.2) is 4.79 Å². The lowest BCUT2D eigenvalue weighted by Gasteiger charge is -2.36. The number of hydrogen-bond donors (Lipinski definition) is 2. The molecule has 1 saturated heterocycles. The van der Waals surface area contributed by atoms with Gasteiger partial charge in [0.15, 0.2) is 5.60 Å². The molecule has 0 aliphatic carbocycles. The molecule has 0 atom stereocenters. The molecule has 2 aliphatic rings. The van der Waals surface area contributed by atoms with Gasteiger partial charge in [0.1, 0.15) is 23.0 Å². The van der Waals surface area contributed by atoms with Gasteiger partial charge in [0.2, 0.25) is 0 Å². The lowest BCUT2D eigenvalue weighted by Crippen LogP contribution is -2.32. The van der Waals surface area contributed by atoms with Crippen molar-refractivity contribution in [2.45, 2.75) is 19.4 Å². The third-order valence-corrected chi connectivity index (χ3v) is 4.62. The second-order valence-corrected chi connectivity index (χ2v) is 5.94. The number of fused-ring (bicyclic) bond motifs is 4. The van der Waals surface area contributed by atoms with Crippen LogP contribution in [0.2, 0.25) is 0 Å². The molecule has 1 fully saturated rings. The Morgan fingerprint density at radius 1 is 0.920 bits per heavy atom. The minimum absolute atomic E-state index is 0.0371. The maximum Gasteiger partial charge on any atom is 0.339 e. The summed E-state index contributed by atoms with van der Waals surface area (Å²) in [6, 6.07) is 9.39. The average molecular weight is 336 g/mol. The van der Waals surface area contributed by atoms with Crippen molar-refractivity contribution in [2.24, 2.45) is 0 Å². The zero-order chi connectivity index (χ0) is 17.8. The zero-order valence-corrected chi connectivity index (χ0v) is 13.7. The van der Waals surface area contributed by atoms with Crippen LogP contribution in [0.15, 0.2) is 59.7 Å². The minimum Gasteiger partial charge on any atom is -0.508 e. The van der Waals surface area contributed by atoms with E-state index in [4.69, 9.17) is 9.47 Å². The molecule has 25 heavy (non-hydrogen) atoms. The van der Waals surface area contributed by atoms with Gasteiger partial charge in [-0.05, 0) is 38.1 Å². The molecule has 0 saturated carbocycles. The molecular weight excluding hydrogens is 320 g/mol. The highest BCUT2D eigenvalue weighted by molar-refractivity contribution is 5.99. The van der Waals surface area contributed by atoms with E-state index in [1.54, 1.807) is 25.1 Å². The molecule has 2 N–H and O–H groups in total. The number of hydrogen-bond acceptors (Lipinski definition) is 5. The highest BCUT2D eigenvalue weighted by Gasteiger charge is 2.55. The van der Waals surface area contributed by atoms with Crippen LogP contribution in [0.3, 0.4) is 0 Å². The van der Waals surface area contributed by atoms with Gasteiger partial charge in [-0.2, -0.15) is 0 Å². The van der Waals surface area contributed by atoms with E-state index < -0.39 is 11.6 Å². The van der Waals surface area contributed by atoms with E-state index in [-0.39, 0.29) is 11.5 Å². The number of ether oxygens (including phenoxy) is 2. The van der Waals surface area contributed by atoms with Crippen molar-refractivity contribution in [3.05, 3.63) is 70.8 Å². The van der Waals surface area contributed by atoms with Crippen LogP contribution >= 0.6 is 0 Å². The van der Waals surface area contributed by atoms with E-state index in [1.807, 2.05) is 13.0 Å². The second-order valence-electron chi connectivity index (χ2n) is 5.94. The monoisotopic (exact) mass is 336 g/mol. The first-order valence-corrected chi connectivity index (χ1v) is 7.93. The number of benzene rings is 2. The fourth-order valence-corrected chi connectivity index (χ4v) is 3.62. The average Bonchev–Trinajstić information content (AvgIpc) is 2.86. The summed E-state index contributed by atoms with van der Waals surface area (Å²) in [5.74, 6) is 0.408. The summed E-state index contributed by atoms with van der Waals surface area (Å²) in [7, 11) is 0. The second kappa shape index (κ2) is 5.14. The first-order valence-electron chi connectivity index (χ1n) is 7.93. The molecule has 0 unspecified atom stereocenters.